The summed E-state index contributed by atoms with van der Waals surface area (Å²) in [4.78, 5) is 28.5. The van der Waals surface area contributed by atoms with E-state index in [0.29, 0.717) is 0 Å². The summed E-state index contributed by atoms with van der Waals surface area (Å²) < 4.78 is 10.5. The monoisotopic (exact) mass is 250 g/mol. The minimum absolute atomic E-state index is 0.0401. The van der Waals surface area contributed by atoms with Gasteiger partial charge in [-0.25, -0.2) is 0 Å². The molecule has 0 unspecified atom stereocenters. The van der Waals surface area contributed by atoms with Crippen LogP contribution >= 0.6 is 7.60 Å². The van der Waals surface area contributed by atoms with Gasteiger partial charge in [0.05, 0.1) is 12.8 Å². The standard InChI is InChI=1S/C9H19N2O4P/c12-9(6-10-7-16(13,14)15)11-8-4-2-1-3-5-8/h8,10H,1-7H2,(H,11,12)(H2,13,14,15). The highest BCUT2D eigenvalue weighted by atomic mass is 31.2. The summed E-state index contributed by atoms with van der Waals surface area (Å²) >= 11 is 0. The second kappa shape index (κ2) is 6.35. The van der Waals surface area contributed by atoms with E-state index >= 15 is 0 Å². The fourth-order valence-electron chi connectivity index (χ4n) is 1.84. The Bertz CT molecular complexity index is 273. The van der Waals surface area contributed by atoms with Crippen molar-refractivity contribution in [2.75, 3.05) is 12.8 Å². The molecule has 1 amide bonds. The van der Waals surface area contributed by atoms with Gasteiger partial charge in [0.15, 0.2) is 0 Å². The van der Waals surface area contributed by atoms with E-state index in [1.807, 2.05) is 0 Å². The third kappa shape index (κ3) is 6.23. The summed E-state index contributed by atoms with van der Waals surface area (Å²) in [5, 5.41) is 5.29. The molecule has 0 saturated heterocycles. The summed E-state index contributed by atoms with van der Waals surface area (Å²) in [6.45, 7) is -0.0401. The highest BCUT2D eigenvalue weighted by Crippen LogP contribution is 2.31. The van der Waals surface area contributed by atoms with Crippen molar-refractivity contribution in [3.63, 3.8) is 0 Å². The number of hydrogen-bond donors (Lipinski definition) is 4. The number of nitrogens with one attached hydrogen (secondary N) is 2. The second-order valence-corrected chi connectivity index (χ2v) is 5.80. The van der Waals surface area contributed by atoms with Crippen molar-refractivity contribution in [1.29, 1.82) is 0 Å². The third-order valence-corrected chi connectivity index (χ3v) is 3.21. The maximum Gasteiger partial charge on any atom is 0.339 e. The predicted molar refractivity (Wildman–Crippen MR) is 59.9 cm³/mol. The number of carbonyl (C=O) groups excluding carboxylic acids is 1. The first-order valence-corrected chi connectivity index (χ1v) is 7.32. The molecule has 1 aliphatic rings. The van der Waals surface area contributed by atoms with Crippen LogP contribution in [0.25, 0.3) is 0 Å². The normalized spacial score (nSPS) is 18.4. The molecule has 0 aromatic rings. The number of hydrogen-bond acceptors (Lipinski definition) is 3. The number of amides is 1. The van der Waals surface area contributed by atoms with Crippen LogP contribution in [-0.4, -0.2) is 34.6 Å². The van der Waals surface area contributed by atoms with Crippen LogP contribution in [0.15, 0.2) is 0 Å². The Hall–Kier alpha value is -0.420. The molecule has 0 bridgehead atoms. The Labute approximate surface area is 95.0 Å². The van der Waals surface area contributed by atoms with E-state index in [1.54, 1.807) is 0 Å². The van der Waals surface area contributed by atoms with Crippen LogP contribution in [0, 0.1) is 0 Å². The van der Waals surface area contributed by atoms with Crippen LogP contribution in [0.1, 0.15) is 32.1 Å². The Kier molecular flexibility index (Phi) is 5.41. The van der Waals surface area contributed by atoms with E-state index in [1.165, 1.54) is 6.42 Å². The van der Waals surface area contributed by atoms with Crippen LogP contribution in [0.3, 0.4) is 0 Å². The lowest BCUT2D eigenvalue weighted by molar-refractivity contribution is -0.121. The molecule has 1 rings (SSSR count). The van der Waals surface area contributed by atoms with Crippen molar-refractivity contribution < 1.29 is 19.1 Å². The topological polar surface area (TPSA) is 98.7 Å². The van der Waals surface area contributed by atoms with Gasteiger partial charge in [0.2, 0.25) is 5.91 Å². The molecule has 4 N–H and O–H groups in total. The lowest BCUT2D eigenvalue weighted by Crippen LogP contribution is -2.41. The van der Waals surface area contributed by atoms with Gasteiger partial charge >= 0.3 is 7.60 Å². The maximum absolute atomic E-state index is 11.4. The van der Waals surface area contributed by atoms with E-state index in [4.69, 9.17) is 9.79 Å². The Morgan fingerprint density at radius 2 is 1.88 bits per heavy atom. The van der Waals surface area contributed by atoms with Crippen molar-refractivity contribution in [2.24, 2.45) is 0 Å². The molecule has 0 aliphatic heterocycles. The molecule has 0 radical (unpaired) electrons. The molecule has 1 aliphatic carbocycles. The molecular formula is C9H19N2O4P. The van der Waals surface area contributed by atoms with Crippen molar-refractivity contribution >= 4 is 13.5 Å². The zero-order valence-electron chi connectivity index (χ0n) is 9.19. The number of carbonyl (C=O) groups is 1. The fraction of sp³-hybridized carbons (Fsp3) is 0.889. The minimum atomic E-state index is -4.06. The lowest BCUT2D eigenvalue weighted by Gasteiger charge is -2.22. The van der Waals surface area contributed by atoms with Crippen LogP contribution in [-0.2, 0) is 9.36 Å². The van der Waals surface area contributed by atoms with E-state index in [2.05, 4.69) is 10.6 Å². The van der Waals surface area contributed by atoms with Gasteiger partial charge < -0.3 is 15.1 Å². The average molecular weight is 250 g/mol. The highest BCUT2D eigenvalue weighted by Gasteiger charge is 2.16. The van der Waals surface area contributed by atoms with Crippen LogP contribution in [0.2, 0.25) is 0 Å². The van der Waals surface area contributed by atoms with Gasteiger partial charge in [0, 0.05) is 6.04 Å². The first-order valence-electron chi connectivity index (χ1n) is 5.52. The summed E-state index contributed by atoms with van der Waals surface area (Å²) in [6.07, 6.45) is 5.06. The van der Waals surface area contributed by atoms with Gasteiger partial charge in [-0.1, -0.05) is 19.3 Å². The largest absolute Gasteiger partial charge is 0.352 e. The SMILES string of the molecule is O=C(CNCP(=O)(O)O)NC1CCCCC1. The summed E-state index contributed by atoms with van der Waals surface area (Å²) in [5.41, 5.74) is 0. The summed E-state index contributed by atoms with van der Waals surface area (Å²) in [5.74, 6) is -0.194. The average Bonchev–Trinajstić information content (AvgIpc) is 2.17. The van der Waals surface area contributed by atoms with Crippen molar-refractivity contribution in [2.45, 2.75) is 38.1 Å². The van der Waals surface area contributed by atoms with Crippen LogP contribution < -0.4 is 10.6 Å². The van der Waals surface area contributed by atoms with Crippen LogP contribution in [0.4, 0.5) is 0 Å². The van der Waals surface area contributed by atoms with Gasteiger partial charge in [-0.2, -0.15) is 0 Å². The summed E-state index contributed by atoms with van der Waals surface area (Å²) in [6, 6.07) is 0.234. The number of rotatable bonds is 5. The van der Waals surface area contributed by atoms with Gasteiger partial charge in [-0.15, -0.1) is 0 Å². The Morgan fingerprint density at radius 3 is 2.44 bits per heavy atom. The molecule has 0 aromatic heterocycles. The third-order valence-electron chi connectivity index (χ3n) is 2.57. The van der Waals surface area contributed by atoms with Crippen LogP contribution in [0.5, 0.6) is 0 Å². The zero-order valence-corrected chi connectivity index (χ0v) is 10.1. The van der Waals surface area contributed by atoms with Gasteiger partial charge in [-0.3, -0.25) is 14.7 Å². The van der Waals surface area contributed by atoms with Crippen molar-refractivity contribution in [3.05, 3.63) is 0 Å². The molecule has 0 heterocycles. The molecule has 1 saturated carbocycles. The zero-order chi connectivity index (χ0) is 12.0. The van der Waals surface area contributed by atoms with E-state index in [9.17, 15) is 9.36 Å². The van der Waals surface area contributed by atoms with Gasteiger partial charge in [-0.05, 0) is 12.8 Å². The quantitative estimate of drug-likeness (QED) is 0.521. The molecule has 6 nitrogen and oxygen atoms in total. The Balaban J connectivity index is 2.13. The molecule has 94 valence electrons. The van der Waals surface area contributed by atoms with E-state index in [-0.39, 0.29) is 18.5 Å². The fourth-order valence-corrected chi connectivity index (χ4v) is 2.24. The lowest BCUT2D eigenvalue weighted by atomic mass is 9.95. The Morgan fingerprint density at radius 1 is 1.25 bits per heavy atom. The molecule has 0 atom stereocenters. The van der Waals surface area contributed by atoms with Crippen molar-refractivity contribution in [1.82, 2.24) is 10.6 Å². The van der Waals surface area contributed by atoms with E-state index < -0.39 is 13.9 Å². The highest BCUT2D eigenvalue weighted by molar-refractivity contribution is 7.51. The summed E-state index contributed by atoms with van der Waals surface area (Å²) in [7, 11) is -4.06. The predicted octanol–water partition coefficient (Wildman–Crippen LogP) is 0.160. The second-order valence-electron chi connectivity index (χ2n) is 4.15. The minimum Gasteiger partial charge on any atom is -0.352 e. The smallest absolute Gasteiger partial charge is 0.339 e. The molecule has 1 fully saturated rings. The molecule has 0 spiro atoms. The van der Waals surface area contributed by atoms with Gasteiger partial charge in [0.25, 0.3) is 0 Å². The van der Waals surface area contributed by atoms with Crippen molar-refractivity contribution in [3.8, 4) is 0 Å². The maximum atomic E-state index is 11.4. The molecule has 7 heteroatoms. The molecular weight excluding hydrogens is 231 g/mol. The van der Waals surface area contributed by atoms with E-state index in [0.717, 1.165) is 25.7 Å². The van der Waals surface area contributed by atoms with Gasteiger partial charge in [0.1, 0.15) is 0 Å². The first-order chi connectivity index (χ1) is 7.47. The molecule has 16 heavy (non-hydrogen) atoms. The first kappa shape index (κ1) is 13.6. The molecule has 0 aromatic carbocycles.